The van der Waals surface area contributed by atoms with Crippen molar-refractivity contribution in [2.45, 2.75) is 45.8 Å². The highest BCUT2D eigenvalue weighted by Gasteiger charge is 2.41. The van der Waals surface area contributed by atoms with Crippen molar-refractivity contribution in [3.05, 3.63) is 0 Å². The van der Waals surface area contributed by atoms with Crippen molar-refractivity contribution in [3.8, 4) is 0 Å². The molecule has 0 radical (unpaired) electrons. The second-order valence-electron chi connectivity index (χ2n) is 5.85. The van der Waals surface area contributed by atoms with Gasteiger partial charge in [-0.2, -0.15) is 13.2 Å². The first-order valence-electron chi connectivity index (χ1n) is 8.09. The van der Waals surface area contributed by atoms with Crippen LogP contribution in [0.4, 0.5) is 13.2 Å². The molecule has 23 heavy (non-hydrogen) atoms. The highest BCUT2D eigenvalue weighted by atomic mass is 127. The third-order valence-corrected chi connectivity index (χ3v) is 4.55. The molecule has 1 aliphatic rings. The fraction of sp³-hybridized carbons (Fsp3) is 0.933. The summed E-state index contributed by atoms with van der Waals surface area (Å²) in [4.78, 5) is 7.80. The molecule has 0 amide bonds. The molecule has 1 heterocycles. The Morgan fingerprint density at radius 2 is 1.65 bits per heavy atom. The average Bonchev–Trinajstić information content (AvgIpc) is 2.50. The van der Waals surface area contributed by atoms with Gasteiger partial charge in [0.05, 0.1) is 0 Å². The van der Waals surface area contributed by atoms with Crippen LogP contribution in [0.5, 0.6) is 0 Å². The molecule has 0 aromatic heterocycles. The summed E-state index contributed by atoms with van der Waals surface area (Å²) in [6, 6.07) is -1.38. The predicted octanol–water partition coefficient (Wildman–Crippen LogP) is 3.18. The fourth-order valence-electron chi connectivity index (χ4n) is 2.67. The number of halogens is 4. The van der Waals surface area contributed by atoms with Crippen LogP contribution >= 0.6 is 24.0 Å². The van der Waals surface area contributed by atoms with E-state index in [1.807, 2.05) is 4.90 Å². The van der Waals surface area contributed by atoms with Gasteiger partial charge in [0.1, 0.15) is 6.04 Å². The summed E-state index contributed by atoms with van der Waals surface area (Å²) >= 11 is 0. The molecule has 0 saturated carbocycles. The molecular weight excluding hydrogens is 420 g/mol. The first-order chi connectivity index (χ1) is 10.3. The molecular formula is C15H30F3IN4. The minimum atomic E-state index is -4.16. The molecule has 1 unspecified atom stereocenters. The number of piperazine rings is 1. The van der Waals surface area contributed by atoms with Gasteiger partial charge in [0.2, 0.25) is 0 Å². The smallest absolute Gasteiger partial charge is 0.356 e. The highest BCUT2D eigenvalue weighted by molar-refractivity contribution is 14.0. The SMILES string of the molecule is CCC(CC)CNC(=NC)N1CCN(C(C)C(F)(F)F)CC1.I. The topological polar surface area (TPSA) is 30.9 Å². The molecule has 0 bridgehead atoms. The molecule has 1 fully saturated rings. The maximum absolute atomic E-state index is 12.8. The minimum absolute atomic E-state index is 0. The largest absolute Gasteiger partial charge is 0.403 e. The lowest BCUT2D eigenvalue weighted by atomic mass is 10.0. The summed E-state index contributed by atoms with van der Waals surface area (Å²) in [7, 11) is 1.72. The van der Waals surface area contributed by atoms with Crippen LogP contribution in [0.25, 0.3) is 0 Å². The van der Waals surface area contributed by atoms with E-state index in [0.29, 0.717) is 32.1 Å². The first kappa shape index (κ1) is 22.8. The summed E-state index contributed by atoms with van der Waals surface area (Å²) in [5.74, 6) is 1.40. The molecule has 1 aliphatic heterocycles. The van der Waals surface area contributed by atoms with E-state index in [-0.39, 0.29) is 24.0 Å². The number of aliphatic imine (C=N–C) groups is 1. The van der Waals surface area contributed by atoms with Crippen LogP contribution in [0.1, 0.15) is 33.6 Å². The Balaban J connectivity index is 0.00000484. The number of nitrogens with one attached hydrogen (secondary N) is 1. The minimum Gasteiger partial charge on any atom is -0.356 e. The highest BCUT2D eigenvalue weighted by Crippen LogP contribution is 2.25. The van der Waals surface area contributed by atoms with Gasteiger partial charge in [-0.25, -0.2) is 0 Å². The van der Waals surface area contributed by atoms with Gasteiger partial charge in [0, 0.05) is 39.8 Å². The number of guanidine groups is 1. The van der Waals surface area contributed by atoms with Crippen molar-refractivity contribution in [2.75, 3.05) is 39.8 Å². The van der Waals surface area contributed by atoms with E-state index in [2.05, 4.69) is 24.2 Å². The van der Waals surface area contributed by atoms with Crippen LogP contribution in [-0.2, 0) is 0 Å². The summed E-state index contributed by atoms with van der Waals surface area (Å²) in [6.07, 6.45) is -1.94. The Kier molecular flexibility index (Phi) is 10.5. The van der Waals surface area contributed by atoms with Crippen LogP contribution < -0.4 is 5.32 Å². The summed E-state index contributed by atoms with van der Waals surface area (Å²) < 4.78 is 38.3. The molecule has 0 aromatic rings. The third-order valence-electron chi connectivity index (χ3n) is 4.55. The number of nitrogens with zero attached hydrogens (tertiary/aromatic N) is 3. The van der Waals surface area contributed by atoms with Crippen LogP contribution in [0.2, 0.25) is 0 Å². The Labute approximate surface area is 154 Å². The monoisotopic (exact) mass is 450 g/mol. The van der Waals surface area contributed by atoms with E-state index in [1.165, 1.54) is 11.8 Å². The van der Waals surface area contributed by atoms with Crippen molar-refractivity contribution in [1.29, 1.82) is 0 Å². The molecule has 138 valence electrons. The summed E-state index contributed by atoms with van der Waals surface area (Å²) in [5.41, 5.74) is 0. The summed E-state index contributed by atoms with van der Waals surface area (Å²) in [5, 5.41) is 3.35. The van der Waals surface area contributed by atoms with Crippen molar-refractivity contribution in [2.24, 2.45) is 10.9 Å². The van der Waals surface area contributed by atoms with Gasteiger partial charge >= 0.3 is 6.18 Å². The Hall–Kier alpha value is -0.250. The van der Waals surface area contributed by atoms with E-state index >= 15 is 0 Å². The Morgan fingerprint density at radius 3 is 2.04 bits per heavy atom. The normalized spacial score (nSPS) is 18.8. The van der Waals surface area contributed by atoms with Gasteiger partial charge in [0.15, 0.2) is 5.96 Å². The standard InChI is InChI=1S/C15H29F3N4.HI/c1-5-13(6-2)11-20-14(19-4)22-9-7-21(8-10-22)12(3)15(16,17)18;/h12-13H,5-11H2,1-4H3,(H,19,20);1H. The van der Waals surface area contributed by atoms with Crippen molar-refractivity contribution < 1.29 is 13.2 Å². The number of hydrogen-bond acceptors (Lipinski definition) is 2. The van der Waals surface area contributed by atoms with Crippen molar-refractivity contribution in [1.82, 2.24) is 15.1 Å². The Bertz CT molecular complexity index is 351. The molecule has 1 saturated heterocycles. The summed E-state index contributed by atoms with van der Waals surface area (Å²) in [6.45, 7) is 8.38. The molecule has 8 heteroatoms. The molecule has 0 aliphatic carbocycles. The van der Waals surface area contributed by atoms with E-state index in [4.69, 9.17) is 0 Å². The lowest BCUT2D eigenvalue weighted by molar-refractivity contribution is -0.181. The number of alkyl halides is 3. The van der Waals surface area contributed by atoms with Gasteiger partial charge < -0.3 is 10.2 Å². The fourth-order valence-corrected chi connectivity index (χ4v) is 2.67. The quantitative estimate of drug-likeness (QED) is 0.397. The van der Waals surface area contributed by atoms with Gasteiger partial charge in [-0.1, -0.05) is 26.7 Å². The van der Waals surface area contributed by atoms with Gasteiger partial charge in [-0.15, -0.1) is 24.0 Å². The zero-order valence-corrected chi connectivity index (χ0v) is 16.8. The zero-order valence-electron chi connectivity index (χ0n) is 14.5. The third kappa shape index (κ3) is 7.03. The van der Waals surface area contributed by atoms with Crippen LogP contribution in [-0.4, -0.2) is 67.7 Å². The molecule has 4 nitrogen and oxygen atoms in total. The van der Waals surface area contributed by atoms with E-state index in [1.54, 1.807) is 7.05 Å². The van der Waals surface area contributed by atoms with Crippen molar-refractivity contribution in [3.63, 3.8) is 0 Å². The maximum Gasteiger partial charge on any atom is 0.403 e. The number of hydrogen-bond donors (Lipinski definition) is 1. The van der Waals surface area contributed by atoms with Crippen LogP contribution in [0, 0.1) is 5.92 Å². The lowest BCUT2D eigenvalue weighted by Crippen LogP contribution is -2.57. The Morgan fingerprint density at radius 1 is 1.13 bits per heavy atom. The second kappa shape index (κ2) is 10.6. The molecule has 0 spiro atoms. The first-order valence-corrected chi connectivity index (χ1v) is 8.09. The van der Waals surface area contributed by atoms with Crippen molar-refractivity contribution >= 4 is 29.9 Å². The number of rotatable bonds is 5. The van der Waals surface area contributed by atoms with Gasteiger partial charge in [0.25, 0.3) is 0 Å². The van der Waals surface area contributed by atoms with Crippen LogP contribution in [0.3, 0.4) is 0 Å². The molecule has 1 N–H and O–H groups in total. The molecule has 1 rings (SSSR count). The van der Waals surface area contributed by atoms with Crippen LogP contribution in [0.15, 0.2) is 4.99 Å². The van der Waals surface area contributed by atoms with E-state index in [9.17, 15) is 13.2 Å². The van der Waals surface area contributed by atoms with Gasteiger partial charge in [-0.3, -0.25) is 9.89 Å². The lowest BCUT2D eigenvalue weighted by Gasteiger charge is -2.39. The second-order valence-corrected chi connectivity index (χ2v) is 5.85. The average molecular weight is 450 g/mol. The zero-order chi connectivity index (χ0) is 16.8. The molecule has 1 atom stereocenters. The van der Waals surface area contributed by atoms with E-state index < -0.39 is 12.2 Å². The maximum atomic E-state index is 12.8. The van der Waals surface area contributed by atoms with E-state index in [0.717, 1.165) is 25.3 Å². The molecule has 0 aromatic carbocycles. The predicted molar refractivity (Wildman–Crippen MR) is 99.5 cm³/mol. The van der Waals surface area contributed by atoms with Gasteiger partial charge in [-0.05, 0) is 12.8 Å².